The van der Waals surface area contributed by atoms with Crippen LogP contribution in [-0.2, 0) is 11.2 Å². The van der Waals surface area contributed by atoms with Crippen LogP contribution in [0, 0.1) is 0 Å². The molecule has 0 aromatic heterocycles. The Bertz CT molecular complexity index is 465. The minimum Gasteiger partial charge on any atom is -0.486 e. The second-order valence-electron chi connectivity index (χ2n) is 5.31. The van der Waals surface area contributed by atoms with E-state index in [9.17, 15) is 4.79 Å². The lowest BCUT2D eigenvalue weighted by Gasteiger charge is -2.19. The summed E-state index contributed by atoms with van der Waals surface area (Å²) in [6, 6.07) is 5.74. The number of aliphatic carboxylic acids is 1. The smallest absolute Gasteiger partial charge is 0.307 e. The Balaban J connectivity index is 2.17. The number of carboxylic acids is 1. The van der Waals surface area contributed by atoms with Crippen molar-refractivity contribution in [2.24, 2.45) is 0 Å². The zero-order valence-electron chi connectivity index (χ0n) is 10.9. The van der Waals surface area contributed by atoms with Gasteiger partial charge in [-0.05, 0) is 26.8 Å². The molecule has 0 saturated heterocycles. The number of hydrogen-bond donors (Lipinski definition) is 1. The van der Waals surface area contributed by atoms with Gasteiger partial charge in [-0.15, -0.1) is 0 Å². The second-order valence-corrected chi connectivity index (χ2v) is 5.31. The summed E-state index contributed by atoms with van der Waals surface area (Å²) in [6.07, 6.45) is 0.446. The molecular weight excluding hydrogens is 232 g/mol. The second kappa shape index (κ2) is 4.52. The van der Waals surface area contributed by atoms with Crippen molar-refractivity contribution in [1.82, 2.24) is 0 Å². The summed E-state index contributed by atoms with van der Waals surface area (Å²) in [7, 11) is 0. The van der Waals surface area contributed by atoms with E-state index in [1.165, 1.54) is 0 Å². The molecule has 0 fully saturated rings. The first-order chi connectivity index (χ1) is 8.37. The molecule has 1 aromatic carbocycles. The van der Waals surface area contributed by atoms with Crippen LogP contribution in [0.25, 0.3) is 0 Å². The molecule has 4 nitrogen and oxygen atoms in total. The van der Waals surface area contributed by atoms with Crippen LogP contribution in [-0.4, -0.2) is 22.8 Å². The highest BCUT2D eigenvalue weighted by atomic mass is 16.5. The molecule has 4 heteroatoms. The Morgan fingerprint density at radius 1 is 1.56 bits per heavy atom. The fourth-order valence-corrected chi connectivity index (χ4v) is 2.18. The largest absolute Gasteiger partial charge is 0.486 e. The minimum atomic E-state index is -0.865. The van der Waals surface area contributed by atoms with Gasteiger partial charge in [0.25, 0.3) is 0 Å². The summed E-state index contributed by atoms with van der Waals surface area (Å²) in [6.45, 7) is 5.79. The van der Waals surface area contributed by atoms with Gasteiger partial charge in [0.15, 0.2) is 11.5 Å². The fraction of sp³-hybridized carbons (Fsp3) is 0.500. The maximum atomic E-state index is 10.6. The van der Waals surface area contributed by atoms with Crippen molar-refractivity contribution < 1.29 is 19.4 Å². The maximum absolute atomic E-state index is 10.6. The third-order valence-electron chi connectivity index (χ3n) is 2.85. The van der Waals surface area contributed by atoms with Crippen LogP contribution in [0.5, 0.6) is 11.5 Å². The zero-order valence-corrected chi connectivity index (χ0v) is 10.9. The van der Waals surface area contributed by atoms with Crippen LogP contribution >= 0.6 is 0 Å². The predicted molar refractivity (Wildman–Crippen MR) is 67.2 cm³/mol. The van der Waals surface area contributed by atoms with E-state index < -0.39 is 5.97 Å². The molecule has 98 valence electrons. The molecule has 0 saturated carbocycles. The monoisotopic (exact) mass is 250 g/mol. The standard InChI is InChI=1S/C14H18O4/c1-9(7-12(15)16)17-11-6-4-5-10-8-14(2,3)18-13(10)11/h4-6,9H,7-8H2,1-3H3,(H,15,16)/t9-/m1/s1. The van der Waals surface area contributed by atoms with Crippen LogP contribution < -0.4 is 9.47 Å². The molecule has 1 N–H and O–H groups in total. The molecule has 1 heterocycles. The SMILES string of the molecule is C[C@H](CC(=O)O)Oc1cccc2c1OC(C)(C)C2. The summed E-state index contributed by atoms with van der Waals surface area (Å²) in [5.41, 5.74) is 0.887. The van der Waals surface area contributed by atoms with E-state index in [2.05, 4.69) is 0 Å². The van der Waals surface area contributed by atoms with Gasteiger partial charge in [0.2, 0.25) is 0 Å². The number of ether oxygens (including phenoxy) is 2. The summed E-state index contributed by atoms with van der Waals surface area (Å²) in [5, 5.41) is 8.73. The molecule has 0 spiro atoms. The van der Waals surface area contributed by atoms with Crippen LogP contribution in [0.4, 0.5) is 0 Å². The molecule has 0 bridgehead atoms. The first-order valence-corrected chi connectivity index (χ1v) is 6.07. The van der Waals surface area contributed by atoms with Crippen molar-refractivity contribution in [3.8, 4) is 11.5 Å². The third-order valence-corrected chi connectivity index (χ3v) is 2.85. The van der Waals surface area contributed by atoms with Gasteiger partial charge in [-0.2, -0.15) is 0 Å². The van der Waals surface area contributed by atoms with Gasteiger partial charge in [0, 0.05) is 12.0 Å². The van der Waals surface area contributed by atoms with E-state index in [1.54, 1.807) is 6.92 Å². The molecule has 0 unspecified atom stereocenters. The minimum absolute atomic E-state index is 0.0208. The number of carbonyl (C=O) groups is 1. The molecule has 1 aromatic rings. The molecule has 18 heavy (non-hydrogen) atoms. The fourth-order valence-electron chi connectivity index (χ4n) is 2.18. The van der Waals surface area contributed by atoms with Crippen LogP contribution in [0.3, 0.4) is 0 Å². The van der Waals surface area contributed by atoms with Crippen molar-refractivity contribution >= 4 is 5.97 Å². The van der Waals surface area contributed by atoms with Crippen molar-refractivity contribution in [1.29, 1.82) is 0 Å². The lowest BCUT2D eigenvalue weighted by atomic mass is 10.0. The van der Waals surface area contributed by atoms with Crippen molar-refractivity contribution in [3.05, 3.63) is 23.8 Å². The van der Waals surface area contributed by atoms with Crippen LogP contribution in [0.2, 0.25) is 0 Å². The summed E-state index contributed by atoms with van der Waals surface area (Å²) >= 11 is 0. The number of hydrogen-bond acceptors (Lipinski definition) is 3. The van der Waals surface area contributed by atoms with Gasteiger partial charge in [-0.25, -0.2) is 0 Å². The lowest BCUT2D eigenvalue weighted by Crippen LogP contribution is -2.25. The van der Waals surface area contributed by atoms with E-state index in [4.69, 9.17) is 14.6 Å². The molecule has 1 aliphatic heterocycles. The Kier molecular flexibility index (Phi) is 3.20. The number of fused-ring (bicyclic) bond motifs is 1. The van der Waals surface area contributed by atoms with E-state index in [-0.39, 0.29) is 18.1 Å². The first kappa shape index (κ1) is 12.7. The molecule has 2 rings (SSSR count). The Morgan fingerprint density at radius 3 is 2.94 bits per heavy atom. The Labute approximate surface area is 107 Å². The molecular formula is C14H18O4. The number of rotatable bonds is 4. The molecule has 0 radical (unpaired) electrons. The summed E-state index contributed by atoms with van der Waals surface area (Å²) in [5.74, 6) is 0.517. The van der Waals surface area contributed by atoms with Crippen LogP contribution in [0.1, 0.15) is 32.8 Å². The highest BCUT2D eigenvalue weighted by Crippen LogP contribution is 2.42. The van der Waals surface area contributed by atoms with Gasteiger partial charge in [0.05, 0.1) is 6.42 Å². The van der Waals surface area contributed by atoms with E-state index >= 15 is 0 Å². The average molecular weight is 250 g/mol. The lowest BCUT2D eigenvalue weighted by molar-refractivity contribution is -0.138. The number of para-hydroxylation sites is 1. The average Bonchev–Trinajstić information content (AvgIpc) is 2.52. The Hall–Kier alpha value is -1.71. The van der Waals surface area contributed by atoms with Gasteiger partial charge < -0.3 is 14.6 Å². The van der Waals surface area contributed by atoms with Crippen molar-refractivity contribution in [2.45, 2.75) is 45.3 Å². The molecule has 0 amide bonds. The maximum Gasteiger partial charge on any atom is 0.307 e. The van der Waals surface area contributed by atoms with E-state index in [0.717, 1.165) is 17.7 Å². The van der Waals surface area contributed by atoms with Gasteiger partial charge >= 0.3 is 5.97 Å². The normalized spacial score (nSPS) is 17.7. The molecule has 0 aliphatic carbocycles. The third kappa shape index (κ3) is 2.75. The van der Waals surface area contributed by atoms with Gasteiger partial charge in [-0.1, -0.05) is 12.1 Å². The van der Waals surface area contributed by atoms with Crippen molar-refractivity contribution in [3.63, 3.8) is 0 Å². The van der Waals surface area contributed by atoms with E-state index in [1.807, 2.05) is 32.0 Å². The first-order valence-electron chi connectivity index (χ1n) is 6.07. The Morgan fingerprint density at radius 2 is 2.28 bits per heavy atom. The number of carboxylic acid groups (broad SMARTS) is 1. The van der Waals surface area contributed by atoms with E-state index in [0.29, 0.717) is 5.75 Å². The number of benzene rings is 1. The molecule has 1 atom stereocenters. The zero-order chi connectivity index (χ0) is 13.3. The molecule has 1 aliphatic rings. The van der Waals surface area contributed by atoms with Gasteiger partial charge in [0.1, 0.15) is 11.7 Å². The van der Waals surface area contributed by atoms with Crippen LogP contribution in [0.15, 0.2) is 18.2 Å². The summed E-state index contributed by atoms with van der Waals surface area (Å²) < 4.78 is 11.5. The topological polar surface area (TPSA) is 55.8 Å². The highest BCUT2D eigenvalue weighted by molar-refractivity contribution is 5.67. The summed E-state index contributed by atoms with van der Waals surface area (Å²) in [4.78, 5) is 10.6. The quantitative estimate of drug-likeness (QED) is 0.892. The van der Waals surface area contributed by atoms with Crippen molar-refractivity contribution in [2.75, 3.05) is 0 Å². The van der Waals surface area contributed by atoms with Gasteiger partial charge in [-0.3, -0.25) is 4.79 Å². The predicted octanol–water partition coefficient (Wildman–Crippen LogP) is 2.64. The highest BCUT2D eigenvalue weighted by Gasteiger charge is 2.32.